The maximum Gasteiger partial charge on any atom is 0.315 e. The standard InChI is InChI=1S/C16H20N4O3S/c21-16(18-7-3-9-20-10-8-17-12-20)19-14-6-11-24(22,23)15-5-2-1-4-13(14)15/h1-2,4-5,8,10,12,14H,3,6-7,9,11H2,(H2,18,19,21)/t14-/m1/s1. The van der Waals surface area contributed by atoms with Gasteiger partial charge >= 0.3 is 6.03 Å². The van der Waals surface area contributed by atoms with E-state index >= 15 is 0 Å². The van der Waals surface area contributed by atoms with Gasteiger partial charge in [-0.3, -0.25) is 0 Å². The molecule has 24 heavy (non-hydrogen) atoms. The molecule has 0 aliphatic carbocycles. The van der Waals surface area contributed by atoms with Gasteiger partial charge in [0.25, 0.3) is 0 Å². The number of aryl methyl sites for hydroxylation is 1. The molecule has 0 saturated heterocycles. The molecule has 2 N–H and O–H groups in total. The third-order valence-electron chi connectivity index (χ3n) is 4.05. The number of fused-ring (bicyclic) bond motifs is 1. The van der Waals surface area contributed by atoms with Gasteiger partial charge in [-0.1, -0.05) is 18.2 Å². The van der Waals surface area contributed by atoms with Crippen molar-refractivity contribution in [3.8, 4) is 0 Å². The van der Waals surface area contributed by atoms with E-state index in [0.717, 1.165) is 13.0 Å². The maximum atomic E-state index is 12.1. The molecule has 3 rings (SSSR count). The summed E-state index contributed by atoms with van der Waals surface area (Å²) in [7, 11) is -3.24. The number of hydrogen-bond acceptors (Lipinski definition) is 4. The Morgan fingerprint density at radius 1 is 1.33 bits per heavy atom. The molecule has 2 amide bonds. The van der Waals surface area contributed by atoms with Crippen molar-refractivity contribution in [3.63, 3.8) is 0 Å². The summed E-state index contributed by atoms with van der Waals surface area (Å²) in [5, 5.41) is 5.68. The largest absolute Gasteiger partial charge is 0.338 e. The van der Waals surface area contributed by atoms with Crippen molar-refractivity contribution >= 4 is 15.9 Å². The van der Waals surface area contributed by atoms with Crippen LogP contribution < -0.4 is 10.6 Å². The van der Waals surface area contributed by atoms with Gasteiger partial charge in [0, 0.05) is 25.5 Å². The number of urea groups is 1. The molecule has 0 radical (unpaired) electrons. The average molecular weight is 348 g/mol. The van der Waals surface area contributed by atoms with E-state index in [-0.39, 0.29) is 17.8 Å². The monoisotopic (exact) mass is 348 g/mol. The third-order valence-corrected chi connectivity index (χ3v) is 5.86. The van der Waals surface area contributed by atoms with Crippen LogP contribution in [0.4, 0.5) is 4.79 Å². The summed E-state index contributed by atoms with van der Waals surface area (Å²) >= 11 is 0. The van der Waals surface area contributed by atoms with Gasteiger partial charge in [0.2, 0.25) is 0 Å². The minimum atomic E-state index is -3.24. The molecule has 0 saturated carbocycles. The molecule has 2 heterocycles. The lowest BCUT2D eigenvalue weighted by atomic mass is 10.0. The number of sulfone groups is 1. The van der Waals surface area contributed by atoms with Gasteiger partial charge in [0.05, 0.1) is 23.0 Å². The summed E-state index contributed by atoms with van der Waals surface area (Å²) in [4.78, 5) is 16.3. The summed E-state index contributed by atoms with van der Waals surface area (Å²) in [6, 6.07) is 6.29. The minimum absolute atomic E-state index is 0.0512. The van der Waals surface area contributed by atoms with E-state index in [1.165, 1.54) is 0 Å². The van der Waals surface area contributed by atoms with E-state index in [4.69, 9.17) is 0 Å². The number of hydrogen-bond donors (Lipinski definition) is 2. The second-order valence-corrected chi connectivity index (χ2v) is 7.83. The zero-order valence-corrected chi connectivity index (χ0v) is 14.0. The Hall–Kier alpha value is -2.35. The van der Waals surface area contributed by atoms with Gasteiger partial charge in [-0.2, -0.15) is 0 Å². The second-order valence-electron chi connectivity index (χ2n) is 5.75. The Bertz CT molecular complexity index is 802. The Balaban J connectivity index is 1.53. The second kappa shape index (κ2) is 7.04. The molecule has 1 atom stereocenters. The van der Waals surface area contributed by atoms with E-state index in [2.05, 4.69) is 15.6 Å². The molecular formula is C16H20N4O3S. The zero-order chi connectivity index (χ0) is 17.0. The molecule has 0 spiro atoms. The number of amides is 2. The molecule has 2 aromatic rings. The van der Waals surface area contributed by atoms with Crippen LogP contribution in [0.2, 0.25) is 0 Å². The lowest BCUT2D eigenvalue weighted by Crippen LogP contribution is -2.40. The fraction of sp³-hybridized carbons (Fsp3) is 0.375. The number of nitrogens with zero attached hydrogens (tertiary/aromatic N) is 2. The lowest BCUT2D eigenvalue weighted by molar-refractivity contribution is 0.236. The maximum absolute atomic E-state index is 12.1. The van der Waals surface area contributed by atoms with Crippen LogP contribution in [0.5, 0.6) is 0 Å². The van der Waals surface area contributed by atoms with Crippen molar-refractivity contribution in [1.82, 2.24) is 20.2 Å². The number of aromatic nitrogens is 2. The molecule has 0 bridgehead atoms. The highest BCUT2D eigenvalue weighted by atomic mass is 32.2. The molecule has 128 valence electrons. The SMILES string of the molecule is O=C(NCCCn1ccnc1)N[C@@H]1CCS(=O)(=O)c2ccccc21. The van der Waals surface area contributed by atoms with Gasteiger partial charge in [0.15, 0.2) is 9.84 Å². The lowest BCUT2D eigenvalue weighted by Gasteiger charge is -2.26. The summed E-state index contributed by atoms with van der Waals surface area (Å²) < 4.78 is 26.1. The Morgan fingerprint density at radius 2 is 2.17 bits per heavy atom. The van der Waals surface area contributed by atoms with Crippen LogP contribution in [-0.2, 0) is 16.4 Å². The zero-order valence-electron chi connectivity index (χ0n) is 13.2. The average Bonchev–Trinajstić information content (AvgIpc) is 3.08. The van der Waals surface area contributed by atoms with Crippen LogP contribution in [0.15, 0.2) is 47.9 Å². The van der Waals surface area contributed by atoms with Crippen LogP contribution >= 0.6 is 0 Å². The fourth-order valence-corrected chi connectivity index (χ4v) is 4.45. The highest BCUT2D eigenvalue weighted by Crippen LogP contribution is 2.31. The number of carbonyl (C=O) groups is 1. The number of rotatable bonds is 5. The fourth-order valence-electron chi connectivity index (χ4n) is 2.83. The van der Waals surface area contributed by atoms with E-state index in [1.807, 2.05) is 10.8 Å². The summed E-state index contributed by atoms with van der Waals surface area (Å²) in [6.07, 6.45) is 6.51. The molecule has 7 nitrogen and oxygen atoms in total. The molecule has 0 fully saturated rings. The first kappa shape index (κ1) is 16.5. The predicted octanol–water partition coefficient (Wildman–Crippen LogP) is 1.49. The smallest absolute Gasteiger partial charge is 0.315 e. The van der Waals surface area contributed by atoms with E-state index in [0.29, 0.717) is 23.4 Å². The highest BCUT2D eigenvalue weighted by Gasteiger charge is 2.30. The minimum Gasteiger partial charge on any atom is -0.338 e. The Kier molecular flexibility index (Phi) is 4.84. The summed E-state index contributed by atoms with van der Waals surface area (Å²) in [5.74, 6) is 0.0512. The number of nitrogens with one attached hydrogen (secondary N) is 2. The van der Waals surface area contributed by atoms with Crippen molar-refractivity contribution in [2.24, 2.45) is 0 Å². The van der Waals surface area contributed by atoms with Crippen LogP contribution in [-0.4, -0.2) is 36.3 Å². The highest BCUT2D eigenvalue weighted by molar-refractivity contribution is 7.91. The van der Waals surface area contributed by atoms with Crippen molar-refractivity contribution in [3.05, 3.63) is 48.5 Å². The van der Waals surface area contributed by atoms with Crippen molar-refractivity contribution in [2.75, 3.05) is 12.3 Å². The number of carbonyl (C=O) groups excluding carboxylic acids is 1. The quantitative estimate of drug-likeness (QED) is 0.801. The van der Waals surface area contributed by atoms with E-state index in [9.17, 15) is 13.2 Å². The van der Waals surface area contributed by atoms with Gasteiger partial charge in [0.1, 0.15) is 0 Å². The summed E-state index contributed by atoms with van der Waals surface area (Å²) in [5.41, 5.74) is 0.664. The predicted molar refractivity (Wildman–Crippen MR) is 89.2 cm³/mol. The van der Waals surface area contributed by atoms with Gasteiger partial charge in [-0.25, -0.2) is 18.2 Å². The Labute approximate surface area is 141 Å². The van der Waals surface area contributed by atoms with Crippen molar-refractivity contribution in [1.29, 1.82) is 0 Å². The topological polar surface area (TPSA) is 93.1 Å². The van der Waals surface area contributed by atoms with Crippen molar-refractivity contribution < 1.29 is 13.2 Å². The van der Waals surface area contributed by atoms with Gasteiger partial charge in [-0.15, -0.1) is 0 Å². The normalized spacial score (nSPS) is 18.6. The van der Waals surface area contributed by atoms with Crippen molar-refractivity contribution in [2.45, 2.75) is 30.3 Å². The number of imidazole rings is 1. The first-order chi connectivity index (χ1) is 11.6. The molecule has 1 aliphatic heterocycles. The molecular weight excluding hydrogens is 328 g/mol. The van der Waals surface area contributed by atoms with Crippen LogP contribution in [0.1, 0.15) is 24.4 Å². The number of benzene rings is 1. The molecule has 1 aromatic heterocycles. The van der Waals surface area contributed by atoms with Gasteiger partial charge < -0.3 is 15.2 Å². The van der Waals surface area contributed by atoms with Crippen LogP contribution in [0.25, 0.3) is 0 Å². The van der Waals surface area contributed by atoms with Gasteiger partial charge in [-0.05, 0) is 24.5 Å². The summed E-state index contributed by atoms with van der Waals surface area (Å²) in [6.45, 7) is 1.32. The van der Waals surface area contributed by atoms with E-state index in [1.54, 1.807) is 36.8 Å². The third kappa shape index (κ3) is 3.76. The molecule has 1 aliphatic rings. The first-order valence-electron chi connectivity index (χ1n) is 7.88. The molecule has 1 aromatic carbocycles. The Morgan fingerprint density at radius 3 is 2.96 bits per heavy atom. The van der Waals surface area contributed by atoms with E-state index < -0.39 is 9.84 Å². The molecule has 8 heteroatoms. The molecule has 0 unspecified atom stereocenters. The van der Waals surface area contributed by atoms with Crippen LogP contribution in [0.3, 0.4) is 0 Å². The first-order valence-corrected chi connectivity index (χ1v) is 9.53. The van der Waals surface area contributed by atoms with Crippen LogP contribution in [0, 0.1) is 0 Å².